The Morgan fingerprint density at radius 3 is 2.29 bits per heavy atom. The average molecular weight is 375 g/mol. The van der Waals surface area contributed by atoms with Crippen LogP contribution in [-0.2, 0) is 9.53 Å². The maximum atomic E-state index is 12.5. The molecule has 0 heterocycles. The van der Waals surface area contributed by atoms with Crippen LogP contribution < -0.4 is 10.6 Å². The summed E-state index contributed by atoms with van der Waals surface area (Å²) in [5, 5.41) is 6.10. The van der Waals surface area contributed by atoms with Crippen LogP contribution in [0.15, 0.2) is 18.2 Å². The van der Waals surface area contributed by atoms with E-state index < -0.39 is 17.7 Å². The second kappa shape index (κ2) is 8.58. The summed E-state index contributed by atoms with van der Waals surface area (Å²) in [4.78, 5) is 24.4. The highest BCUT2D eigenvalue weighted by Crippen LogP contribution is 2.25. The molecular weight excluding hydrogens is 351 g/mol. The second-order valence-corrected chi connectivity index (χ2v) is 7.76. The first kappa shape index (κ1) is 20.6. The summed E-state index contributed by atoms with van der Waals surface area (Å²) in [7, 11) is 0. The van der Waals surface area contributed by atoms with Crippen LogP contribution in [0, 0.1) is 5.92 Å². The molecule has 0 fully saturated rings. The number of alkyl carbamates (subject to hydrolysis) is 1. The molecule has 0 saturated carbocycles. The van der Waals surface area contributed by atoms with Crippen LogP contribution in [0.1, 0.15) is 41.0 Å². The van der Waals surface area contributed by atoms with Crippen LogP contribution in [0.4, 0.5) is 10.5 Å². The lowest BCUT2D eigenvalue weighted by Gasteiger charge is -2.24. The van der Waals surface area contributed by atoms with E-state index in [-0.39, 0.29) is 11.8 Å². The van der Waals surface area contributed by atoms with Gasteiger partial charge >= 0.3 is 6.09 Å². The van der Waals surface area contributed by atoms with E-state index in [1.807, 2.05) is 13.8 Å². The molecule has 1 aromatic carbocycles. The van der Waals surface area contributed by atoms with Gasteiger partial charge in [-0.1, -0.05) is 37.0 Å². The minimum absolute atomic E-state index is 0.212. The van der Waals surface area contributed by atoms with E-state index >= 15 is 0 Å². The molecule has 1 aromatic rings. The first-order valence-corrected chi connectivity index (χ1v) is 8.49. The molecule has 24 heavy (non-hydrogen) atoms. The highest BCUT2D eigenvalue weighted by Gasteiger charge is 2.25. The fraction of sp³-hybridized carbons (Fsp3) is 0.529. The standard InChI is InChI=1S/C17H24Cl2N2O3/c1-10(2)8-14(21-16(23)24-17(3,4)5)15(22)20-11-6-7-12(18)13(19)9-11/h6-7,9-10,14H,8H2,1-5H3,(H,20,22)(H,21,23). The fourth-order valence-electron chi connectivity index (χ4n) is 1.96. The molecule has 0 aromatic heterocycles. The van der Waals surface area contributed by atoms with E-state index in [0.717, 1.165) is 0 Å². The highest BCUT2D eigenvalue weighted by atomic mass is 35.5. The summed E-state index contributed by atoms with van der Waals surface area (Å²) in [6.45, 7) is 9.23. The molecule has 0 aliphatic rings. The van der Waals surface area contributed by atoms with Gasteiger partial charge in [0, 0.05) is 5.69 Å². The van der Waals surface area contributed by atoms with Gasteiger partial charge < -0.3 is 15.4 Å². The lowest BCUT2D eigenvalue weighted by atomic mass is 10.0. The summed E-state index contributed by atoms with van der Waals surface area (Å²) in [6, 6.07) is 4.08. The van der Waals surface area contributed by atoms with Gasteiger partial charge in [0.15, 0.2) is 0 Å². The SMILES string of the molecule is CC(C)CC(NC(=O)OC(C)(C)C)C(=O)Nc1ccc(Cl)c(Cl)c1. The molecule has 0 aliphatic heterocycles. The molecule has 0 bridgehead atoms. The van der Waals surface area contributed by atoms with Gasteiger partial charge in [0.2, 0.25) is 5.91 Å². The number of hydrogen-bond acceptors (Lipinski definition) is 3. The van der Waals surface area contributed by atoms with Crippen molar-refractivity contribution in [3.05, 3.63) is 28.2 Å². The van der Waals surface area contributed by atoms with E-state index in [1.165, 1.54) is 0 Å². The Kier molecular flexibility index (Phi) is 7.36. The number of benzene rings is 1. The van der Waals surface area contributed by atoms with Gasteiger partial charge in [-0.15, -0.1) is 0 Å². The number of halogens is 2. The van der Waals surface area contributed by atoms with Crippen molar-refractivity contribution in [1.82, 2.24) is 5.32 Å². The second-order valence-electron chi connectivity index (χ2n) is 6.95. The van der Waals surface area contributed by atoms with Crippen LogP contribution in [0.25, 0.3) is 0 Å². The molecule has 0 aliphatic carbocycles. The number of rotatable bonds is 5. The molecule has 7 heteroatoms. The van der Waals surface area contributed by atoms with E-state index in [4.69, 9.17) is 27.9 Å². The van der Waals surface area contributed by atoms with Gasteiger partial charge in [-0.2, -0.15) is 0 Å². The largest absolute Gasteiger partial charge is 0.444 e. The van der Waals surface area contributed by atoms with Crippen molar-refractivity contribution in [1.29, 1.82) is 0 Å². The quantitative estimate of drug-likeness (QED) is 0.772. The molecule has 2 N–H and O–H groups in total. The zero-order valence-electron chi connectivity index (χ0n) is 14.6. The Balaban J connectivity index is 2.80. The van der Waals surface area contributed by atoms with E-state index in [0.29, 0.717) is 22.2 Å². The Bertz CT molecular complexity index is 598. The zero-order valence-corrected chi connectivity index (χ0v) is 16.1. The minimum Gasteiger partial charge on any atom is -0.444 e. The molecule has 1 rings (SSSR count). The normalized spacial score (nSPS) is 12.7. The fourth-order valence-corrected chi connectivity index (χ4v) is 2.25. The van der Waals surface area contributed by atoms with Crippen LogP contribution in [0.2, 0.25) is 10.0 Å². The van der Waals surface area contributed by atoms with E-state index in [2.05, 4.69) is 10.6 Å². The Hall–Kier alpha value is -1.46. The van der Waals surface area contributed by atoms with E-state index in [1.54, 1.807) is 39.0 Å². The number of anilines is 1. The molecular formula is C17H24Cl2N2O3. The monoisotopic (exact) mass is 374 g/mol. The van der Waals surface area contributed by atoms with Crippen LogP contribution in [0.5, 0.6) is 0 Å². The average Bonchev–Trinajstić information content (AvgIpc) is 2.39. The Morgan fingerprint density at radius 1 is 1.17 bits per heavy atom. The Morgan fingerprint density at radius 2 is 1.79 bits per heavy atom. The van der Waals surface area contributed by atoms with Gasteiger partial charge in [0.1, 0.15) is 11.6 Å². The first-order chi connectivity index (χ1) is 11.0. The Labute approximate surface area is 153 Å². The van der Waals surface area contributed by atoms with Crippen molar-refractivity contribution < 1.29 is 14.3 Å². The minimum atomic E-state index is -0.714. The molecule has 5 nitrogen and oxygen atoms in total. The number of nitrogens with one attached hydrogen (secondary N) is 2. The maximum Gasteiger partial charge on any atom is 0.408 e. The third-order valence-corrected chi connectivity index (χ3v) is 3.64. The van der Waals surface area contributed by atoms with Crippen molar-refractivity contribution in [2.75, 3.05) is 5.32 Å². The van der Waals surface area contributed by atoms with Crippen LogP contribution in [0.3, 0.4) is 0 Å². The third kappa shape index (κ3) is 7.41. The van der Waals surface area contributed by atoms with Crippen molar-refractivity contribution in [2.45, 2.75) is 52.7 Å². The van der Waals surface area contributed by atoms with Gasteiger partial charge in [-0.25, -0.2) is 4.79 Å². The van der Waals surface area contributed by atoms with Gasteiger partial charge in [-0.3, -0.25) is 4.79 Å². The molecule has 0 saturated heterocycles. The molecule has 1 unspecified atom stereocenters. The number of hydrogen-bond donors (Lipinski definition) is 2. The number of amides is 2. The molecule has 2 amide bonds. The summed E-state index contributed by atoms with van der Waals surface area (Å²) >= 11 is 11.8. The molecule has 0 spiro atoms. The van der Waals surface area contributed by atoms with Gasteiger partial charge in [-0.05, 0) is 51.3 Å². The van der Waals surface area contributed by atoms with Crippen LogP contribution >= 0.6 is 23.2 Å². The number of carbonyl (C=O) groups is 2. The summed E-state index contributed by atoms with van der Waals surface area (Å²) < 4.78 is 5.22. The van der Waals surface area contributed by atoms with Crippen molar-refractivity contribution >= 4 is 40.9 Å². The molecule has 0 radical (unpaired) electrons. The first-order valence-electron chi connectivity index (χ1n) is 7.73. The predicted octanol–water partition coefficient (Wildman–Crippen LogP) is 4.87. The maximum absolute atomic E-state index is 12.5. The van der Waals surface area contributed by atoms with Crippen molar-refractivity contribution in [2.24, 2.45) is 5.92 Å². The zero-order chi connectivity index (χ0) is 18.5. The van der Waals surface area contributed by atoms with Gasteiger partial charge in [0.05, 0.1) is 10.0 Å². The topological polar surface area (TPSA) is 67.4 Å². The van der Waals surface area contributed by atoms with Crippen LogP contribution in [-0.4, -0.2) is 23.6 Å². The smallest absolute Gasteiger partial charge is 0.408 e. The number of carbonyl (C=O) groups excluding carboxylic acids is 2. The number of ether oxygens (including phenoxy) is 1. The highest BCUT2D eigenvalue weighted by molar-refractivity contribution is 6.42. The summed E-state index contributed by atoms with van der Waals surface area (Å²) in [5.74, 6) is -0.127. The van der Waals surface area contributed by atoms with E-state index in [9.17, 15) is 9.59 Å². The predicted molar refractivity (Wildman–Crippen MR) is 97.7 cm³/mol. The summed E-state index contributed by atoms with van der Waals surface area (Å²) in [5.41, 5.74) is -0.124. The van der Waals surface area contributed by atoms with Gasteiger partial charge in [0.25, 0.3) is 0 Å². The van der Waals surface area contributed by atoms with Crippen molar-refractivity contribution in [3.8, 4) is 0 Å². The lowest BCUT2D eigenvalue weighted by Crippen LogP contribution is -2.46. The lowest BCUT2D eigenvalue weighted by molar-refractivity contribution is -0.118. The molecule has 1 atom stereocenters. The van der Waals surface area contributed by atoms with Crippen molar-refractivity contribution in [3.63, 3.8) is 0 Å². The third-order valence-electron chi connectivity index (χ3n) is 2.90. The summed E-state index contributed by atoms with van der Waals surface area (Å²) in [6.07, 6.45) is -0.149. The molecule has 134 valence electrons.